The molecule has 18 heavy (non-hydrogen) atoms. The second-order valence-electron chi connectivity index (χ2n) is 5.71. The quantitative estimate of drug-likeness (QED) is 0.341. The Balaban J connectivity index is 1.99. The Bertz CT molecular complexity index is 283. The lowest BCUT2D eigenvalue weighted by atomic mass is 9.78. The summed E-state index contributed by atoms with van der Waals surface area (Å²) < 4.78 is 5.12. The van der Waals surface area contributed by atoms with Gasteiger partial charge < -0.3 is 9.64 Å². The normalized spacial score (nSPS) is 30.2. The SMILES string of the molecule is COCC(C)N=C(NN)N1CC2CCCC(C2)C1. The van der Waals surface area contributed by atoms with Gasteiger partial charge in [-0.1, -0.05) is 6.42 Å². The molecule has 1 heterocycles. The molecule has 0 radical (unpaired) electrons. The minimum absolute atomic E-state index is 0.141. The van der Waals surface area contributed by atoms with E-state index in [-0.39, 0.29) is 6.04 Å². The molecule has 1 saturated carbocycles. The van der Waals surface area contributed by atoms with Crippen molar-refractivity contribution in [2.45, 2.75) is 38.6 Å². The molecule has 2 bridgehead atoms. The zero-order chi connectivity index (χ0) is 13.0. The van der Waals surface area contributed by atoms with Crippen LogP contribution in [0.25, 0.3) is 0 Å². The molecule has 0 amide bonds. The number of guanidine groups is 1. The molecule has 3 atom stereocenters. The van der Waals surface area contributed by atoms with Crippen molar-refractivity contribution in [3.63, 3.8) is 0 Å². The second kappa shape index (κ2) is 6.38. The number of nitrogens with zero attached hydrogens (tertiary/aromatic N) is 2. The summed E-state index contributed by atoms with van der Waals surface area (Å²) in [6, 6.07) is 0.141. The van der Waals surface area contributed by atoms with Crippen molar-refractivity contribution < 1.29 is 4.74 Å². The topological polar surface area (TPSA) is 62.9 Å². The van der Waals surface area contributed by atoms with Gasteiger partial charge in [0.1, 0.15) is 0 Å². The number of aliphatic imine (C=N–C) groups is 1. The zero-order valence-electron chi connectivity index (χ0n) is 11.6. The van der Waals surface area contributed by atoms with E-state index in [2.05, 4.69) is 15.3 Å². The molecule has 1 aliphatic carbocycles. The molecule has 2 aliphatic rings. The lowest BCUT2D eigenvalue weighted by molar-refractivity contribution is 0.132. The van der Waals surface area contributed by atoms with E-state index in [0.29, 0.717) is 6.61 Å². The van der Waals surface area contributed by atoms with E-state index in [9.17, 15) is 0 Å². The summed E-state index contributed by atoms with van der Waals surface area (Å²) in [6.45, 7) is 4.87. The largest absolute Gasteiger partial charge is 0.382 e. The van der Waals surface area contributed by atoms with Gasteiger partial charge in [-0.05, 0) is 38.0 Å². The lowest BCUT2D eigenvalue weighted by Gasteiger charge is -2.42. The van der Waals surface area contributed by atoms with Crippen molar-refractivity contribution in [2.24, 2.45) is 22.7 Å². The number of piperidine rings is 1. The van der Waals surface area contributed by atoms with Crippen LogP contribution >= 0.6 is 0 Å². The van der Waals surface area contributed by atoms with Gasteiger partial charge in [-0.25, -0.2) is 10.8 Å². The molecule has 2 fully saturated rings. The molecule has 3 N–H and O–H groups in total. The molecule has 0 aromatic heterocycles. The maximum absolute atomic E-state index is 5.64. The Labute approximate surface area is 110 Å². The minimum Gasteiger partial charge on any atom is -0.382 e. The van der Waals surface area contributed by atoms with E-state index < -0.39 is 0 Å². The number of likely N-dealkylation sites (tertiary alicyclic amines) is 1. The molecule has 0 aromatic carbocycles. The number of rotatable bonds is 3. The lowest BCUT2D eigenvalue weighted by Crippen LogP contribution is -2.52. The third kappa shape index (κ3) is 3.36. The Hall–Kier alpha value is -0.810. The first kappa shape index (κ1) is 13.6. The number of methoxy groups -OCH3 is 1. The number of nitrogens with two attached hydrogens (primary N) is 1. The molecule has 2 rings (SSSR count). The molecule has 1 saturated heterocycles. The van der Waals surface area contributed by atoms with Gasteiger partial charge in [-0.3, -0.25) is 5.43 Å². The highest BCUT2D eigenvalue weighted by Crippen LogP contribution is 2.34. The standard InChI is InChI=1S/C13H26N4O/c1-10(9-18-2)15-13(16-14)17-7-11-4-3-5-12(6-11)8-17/h10-12H,3-9,14H2,1-2H3,(H,15,16). The molecule has 0 aromatic rings. The Morgan fingerprint density at radius 3 is 2.67 bits per heavy atom. The third-order valence-electron chi connectivity index (χ3n) is 4.03. The average molecular weight is 254 g/mol. The Morgan fingerprint density at radius 2 is 2.11 bits per heavy atom. The van der Waals surface area contributed by atoms with Gasteiger partial charge in [-0.2, -0.15) is 0 Å². The Kier molecular flexibility index (Phi) is 4.83. The van der Waals surface area contributed by atoms with Crippen LogP contribution in [0.2, 0.25) is 0 Å². The molecule has 5 nitrogen and oxygen atoms in total. The summed E-state index contributed by atoms with van der Waals surface area (Å²) in [5, 5.41) is 0. The van der Waals surface area contributed by atoms with E-state index in [1.165, 1.54) is 25.7 Å². The number of nitrogens with one attached hydrogen (secondary N) is 1. The molecule has 1 aliphatic heterocycles. The summed E-state index contributed by atoms with van der Waals surface area (Å²) in [5.41, 5.74) is 2.77. The first-order valence-corrected chi connectivity index (χ1v) is 7.01. The van der Waals surface area contributed by atoms with E-state index >= 15 is 0 Å². The molecule has 104 valence electrons. The highest BCUT2D eigenvalue weighted by molar-refractivity contribution is 5.79. The maximum atomic E-state index is 5.64. The smallest absolute Gasteiger partial charge is 0.208 e. The molecular weight excluding hydrogens is 228 g/mol. The Morgan fingerprint density at radius 1 is 1.44 bits per heavy atom. The second-order valence-corrected chi connectivity index (χ2v) is 5.71. The van der Waals surface area contributed by atoms with Crippen molar-refractivity contribution in [1.29, 1.82) is 0 Å². The van der Waals surface area contributed by atoms with E-state index in [0.717, 1.165) is 30.9 Å². The van der Waals surface area contributed by atoms with Gasteiger partial charge in [0.05, 0.1) is 12.6 Å². The van der Waals surface area contributed by atoms with Crippen molar-refractivity contribution in [3.8, 4) is 0 Å². The minimum atomic E-state index is 0.141. The zero-order valence-corrected chi connectivity index (χ0v) is 11.6. The molecule has 3 unspecified atom stereocenters. The summed E-state index contributed by atoms with van der Waals surface area (Å²) >= 11 is 0. The fraction of sp³-hybridized carbons (Fsp3) is 0.923. The van der Waals surface area contributed by atoms with E-state index in [4.69, 9.17) is 10.6 Å². The van der Waals surface area contributed by atoms with E-state index in [1.807, 2.05) is 6.92 Å². The van der Waals surface area contributed by atoms with Crippen LogP contribution in [0, 0.1) is 11.8 Å². The van der Waals surface area contributed by atoms with Gasteiger partial charge in [0.2, 0.25) is 5.96 Å². The van der Waals surface area contributed by atoms with Crippen LogP contribution in [0.1, 0.15) is 32.6 Å². The summed E-state index contributed by atoms with van der Waals surface area (Å²) in [4.78, 5) is 6.94. The van der Waals surface area contributed by atoms with Crippen LogP contribution in [0.15, 0.2) is 4.99 Å². The first-order chi connectivity index (χ1) is 8.72. The average Bonchev–Trinajstić information content (AvgIpc) is 2.35. The predicted octanol–water partition coefficient (Wildman–Crippen LogP) is 0.963. The van der Waals surface area contributed by atoms with Crippen LogP contribution < -0.4 is 11.3 Å². The van der Waals surface area contributed by atoms with Gasteiger partial charge in [0.15, 0.2) is 0 Å². The van der Waals surface area contributed by atoms with Crippen LogP contribution in [0.3, 0.4) is 0 Å². The molecular formula is C13H26N4O. The van der Waals surface area contributed by atoms with Gasteiger partial charge in [-0.15, -0.1) is 0 Å². The third-order valence-corrected chi connectivity index (χ3v) is 4.03. The molecule has 0 spiro atoms. The number of ether oxygens (including phenoxy) is 1. The highest BCUT2D eigenvalue weighted by Gasteiger charge is 2.31. The number of fused-ring (bicyclic) bond motifs is 2. The van der Waals surface area contributed by atoms with Crippen molar-refractivity contribution in [3.05, 3.63) is 0 Å². The summed E-state index contributed by atoms with van der Waals surface area (Å²) in [5.74, 6) is 8.12. The number of hydrogen-bond donors (Lipinski definition) is 2. The predicted molar refractivity (Wildman–Crippen MR) is 73.1 cm³/mol. The monoisotopic (exact) mass is 254 g/mol. The van der Waals surface area contributed by atoms with Crippen molar-refractivity contribution >= 4 is 5.96 Å². The van der Waals surface area contributed by atoms with Crippen LogP contribution in [-0.2, 0) is 4.74 Å². The van der Waals surface area contributed by atoms with Gasteiger partial charge >= 0.3 is 0 Å². The van der Waals surface area contributed by atoms with Crippen LogP contribution in [0.5, 0.6) is 0 Å². The van der Waals surface area contributed by atoms with Crippen LogP contribution in [-0.4, -0.2) is 43.7 Å². The maximum Gasteiger partial charge on any atom is 0.208 e. The summed E-state index contributed by atoms with van der Waals surface area (Å²) in [6.07, 6.45) is 5.50. The van der Waals surface area contributed by atoms with Gasteiger partial charge in [0, 0.05) is 20.2 Å². The van der Waals surface area contributed by atoms with Crippen molar-refractivity contribution in [1.82, 2.24) is 10.3 Å². The van der Waals surface area contributed by atoms with Crippen molar-refractivity contribution in [2.75, 3.05) is 26.8 Å². The number of hydrazine groups is 1. The van der Waals surface area contributed by atoms with Crippen LogP contribution in [0.4, 0.5) is 0 Å². The highest BCUT2D eigenvalue weighted by atomic mass is 16.5. The fourth-order valence-electron chi connectivity index (χ4n) is 3.30. The summed E-state index contributed by atoms with van der Waals surface area (Å²) in [7, 11) is 1.70. The van der Waals surface area contributed by atoms with E-state index in [1.54, 1.807) is 7.11 Å². The number of hydrogen-bond acceptors (Lipinski definition) is 3. The van der Waals surface area contributed by atoms with Gasteiger partial charge in [0.25, 0.3) is 0 Å². The first-order valence-electron chi connectivity index (χ1n) is 7.01. The fourth-order valence-corrected chi connectivity index (χ4v) is 3.30. The molecule has 5 heteroatoms.